The van der Waals surface area contributed by atoms with Crippen LogP contribution in [-0.4, -0.2) is 34.9 Å². The molecule has 1 saturated heterocycles. The summed E-state index contributed by atoms with van der Waals surface area (Å²) in [6, 6.07) is 0. The summed E-state index contributed by atoms with van der Waals surface area (Å²) in [6.45, 7) is 5.31. The lowest BCUT2D eigenvalue weighted by atomic mass is 10.2. The van der Waals surface area contributed by atoms with Crippen LogP contribution in [0.5, 0.6) is 0 Å². The van der Waals surface area contributed by atoms with E-state index in [0.717, 1.165) is 0 Å². The fraction of sp³-hybridized carbons (Fsp3) is 1.00. The summed E-state index contributed by atoms with van der Waals surface area (Å²) in [7, 11) is -3.52. The number of aliphatic hydroxyl groups excluding tert-OH is 1. The van der Waals surface area contributed by atoms with Crippen LogP contribution in [0.3, 0.4) is 0 Å². The van der Waals surface area contributed by atoms with Crippen LogP contribution in [0.15, 0.2) is 0 Å². The quantitative estimate of drug-likeness (QED) is 0.754. The van der Waals surface area contributed by atoms with E-state index in [9.17, 15) is 14.9 Å². The zero-order valence-corrected chi connectivity index (χ0v) is 10.8. The first-order chi connectivity index (χ1) is 7.41. The highest BCUT2D eigenvalue weighted by Gasteiger charge is 2.57. The molecule has 95 valence electrons. The van der Waals surface area contributed by atoms with Gasteiger partial charge < -0.3 is 14.2 Å². The topological polar surface area (TPSA) is 78.9 Å². The van der Waals surface area contributed by atoms with E-state index in [0.29, 0.717) is 11.5 Å². The molecule has 1 heterocycles. The minimum absolute atomic E-state index is 0.205. The SMILES string of the molecule is CCOP(=O)(OCC)C1(C)CCC(O)N1[O]. The molecule has 1 rings (SSSR count). The molecule has 0 saturated carbocycles. The Morgan fingerprint density at radius 2 is 1.94 bits per heavy atom. The van der Waals surface area contributed by atoms with Crippen LogP contribution >= 0.6 is 7.60 Å². The molecule has 1 aliphatic rings. The number of aliphatic hydroxyl groups is 1. The summed E-state index contributed by atoms with van der Waals surface area (Å²) in [4.78, 5) is 0. The van der Waals surface area contributed by atoms with Gasteiger partial charge in [-0.2, -0.15) is 0 Å². The molecule has 1 fully saturated rings. The molecule has 7 heteroatoms. The number of nitrogens with zero attached hydrogens (tertiary/aromatic N) is 1. The van der Waals surface area contributed by atoms with Gasteiger partial charge >= 0.3 is 7.60 Å². The molecule has 0 amide bonds. The monoisotopic (exact) mass is 252 g/mol. The van der Waals surface area contributed by atoms with Crippen molar-refractivity contribution in [2.45, 2.75) is 45.1 Å². The van der Waals surface area contributed by atoms with Crippen LogP contribution in [-0.2, 0) is 18.8 Å². The summed E-state index contributed by atoms with van der Waals surface area (Å²) in [5, 5.41) is 20.3. The predicted molar refractivity (Wildman–Crippen MR) is 57.0 cm³/mol. The maximum Gasteiger partial charge on any atom is 0.352 e. The molecular weight excluding hydrogens is 233 g/mol. The highest BCUT2D eigenvalue weighted by atomic mass is 31.2. The Morgan fingerprint density at radius 1 is 1.44 bits per heavy atom. The van der Waals surface area contributed by atoms with Crippen molar-refractivity contribution in [3.8, 4) is 0 Å². The van der Waals surface area contributed by atoms with Crippen molar-refractivity contribution in [2.75, 3.05) is 13.2 Å². The van der Waals surface area contributed by atoms with Crippen molar-refractivity contribution < 1.29 is 23.9 Å². The molecular formula is C9H19NO5P. The van der Waals surface area contributed by atoms with E-state index < -0.39 is 19.1 Å². The van der Waals surface area contributed by atoms with Gasteiger partial charge in [0, 0.05) is 0 Å². The summed E-state index contributed by atoms with van der Waals surface area (Å²) >= 11 is 0. The fourth-order valence-electron chi connectivity index (χ4n) is 1.86. The summed E-state index contributed by atoms with van der Waals surface area (Å²) in [5.41, 5.74) is 0. The molecule has 2 unspecified atom stereocenters. The van der Waals surface area contributed by atoms with Gasteiger partial charge in [-0.3, -0.25) is 4.57 Å². The van der Waals surface area contributed by atoms with Crippen LogP contribution in [0.1, 0.15) is 33.6 Å². The third kappa shape index (κ3) is 2.18. The highest BCUT2D eigenvalue weighted by Crippen LogP contribution is 2.65. The van der Waals surface area contributed by atoms with Gasteiger partial charge in [0.25, 0.3) is 0 Å². The zero-order chi connectivity index (χ0) is 12.4. The summed E-state index contributed by atoms with van der Waals surface area (Å²) in [5.74, 6) is 0. The second kappa shape index (κ2) is 5.12. The van der Waals surface area contributed by atoms with Crippen molar-refractivity contribution in [1.82, 2.24) is 5.06 Å². The molecule has 1 radical (unpaired) electrons. The van der Waals surface area contributed by atoms with Crippen molar-refractivity contribution in [2.24, 2.45) is 0 Å². The number of hydrogen-bond donors (Lipinski definition) is 1. The van der Waals surface area contributed by atoms with Gasteiger partial charge in [0.1, 0.15) is 6.23 Å². The Labute approximate surface area is 95.6 Å². The van der Waals surface area contributed by atoms with Gasteiger partial charge in [-0.05, 0) is 33.6 Å². The fourth-order valence-corrected chi connectivity index (χ4v) is 3.95. The summed E-state index contributed by atoms with van der Waals surface area (Å²) in [6.07, 6.45) is -0.543. The first-order valence-corrected chi connectivity index (χ1v) is 6.99. The third-order valence-electron chi connectivity index (χ3n) is 2.81. The number of hydroxylamine groups is 2. The van der Waals surface area contributed by atoms with Crippen molar-refractivity contribution >= 4 is 7.60 Å². The Bertz CT molecular complexity index is 277. The van der Waals surface area contributed by atoms with Crippen LogP contribution in [0.25, 0.3) is 0 Å². The molecule has 0 aliphatic carbocycles. The number of hydrogen-bond acceptors (Lipinski definition) is 5. The van der Waals surface area contributed by atoms with E-state index >= 15 is 0 Å². The van der Waals surface area contributed by atoms with Crippen LogP contribution < -0.4 is 0 Å². The molecule has 1 aliphatic heterocycles. The lowest BCUT2D eigenvalue weighted by Gasteiger charge is -2.35. The average Bonchev–Trinajstić information content (AvgIpc) is 2.48. The Hall–Kier alpha value is 0.0300. The first-order valence-electron chi connectivity index (χ1n) is 5.45. The van der Waals surface area contributed by atoms with Crippen LogP contribution in [0.2, 0.25) is 0 Å². The van der Waals surface area contributed by atoms with Gasteiger partial charge in [0.2, 0.25) is 0 Å². The smallest absolute Gasteiger partial charge is 0.352 e. The first kappa shape index (κ1) is 14.1. The molecule has 16 heavy (non-hydrogen) atoms. The Kier molecular flexibility index (Phi) is 4.51. The Balaban J connectivity index is 2.98. The van der Waals surface area contributed by atoms with Gasteiger partial charge in [-0.25, -0.2) is 0 Å². The lowest BCUT2D eigenvalue weighted by Crippen LogP contribution is -2.42. The molecule has 0 spiro atoms. The molecule has 1 N–H and O–H groups in total. The van der Waals surface area contributed by atoms with E-state index in [-0.39, 0.29) is 19.6 Å². The predicted octanol–water partition coefficient (Wildman–Crippen LogP) is 1.73. The second-order valence-corrected chi connectivity index (χ2v) is 6.37. The normalized spacial score (nSPS) is 32.2. The minimum atomic E-state index is -3.52. The van der Waals surface area contributed by atoms with Gasteiger partial charge in [0.15, 0.2) is 5.28 Å². The largest absolute Gasteiger partial charge is 0.376 e. The van der Waals surface area contributed by atoms with E-state index in [2.05, 4.69) is 0 Å². The molecule has 6 nitrogen and oxygen atoms in total. The number of rotatable bonds is 5. The lowest BCUT2D eigenvalue weighted by molar-refractivity contribution is -0.253. The van der Waals surface area contributed by atoms with E-state index in [1.54, 1.807) is 13.8 Å². The maximum absolute atomic E-state index is 12.5. The minimum Gasteiger partial charge on any atom is -0.376 e. The average molecular weight is 252 g/mol. The van der Waals surface area contributed by atoms with Gasteiger partial charge in [-0.1, -0.05) is 0 Å². The standard InChI is InChI=1S/C9H19NO5P/c1-4-14-16(13,15-5-2)9(3)7-6-8(11)10(9)12/h8,11H,4-7H2,1-3H3. The van der Waals surface area contributed by atoms with Gasteiger partial charge in [0.05, 0.1) is 13.2 Å². The molecule has 0 aromatic rings. The molecule has 2 atom stereocenters. The zero-order valence-electron chi connectivity index (χ0n) is 9.88. The van der Waals surface area contributed by atoms with E-state index in [1.165, 1.54) is 6.92 Å². The van der Waals surface area contributed by atoms with Crippen LogP contribution in [0, 0.1) is 0 Å². The maximum atomic E-state index is 12.5. The van der Waals surface area contributed by atoms with Crippen molar-refractivity contribution in [3.63, 3.8) is 0 Å². The second-order valence-electron chi connectivity index (χ2n) is 3.90. The van der Waals surface area contributed by atoms with E-state index in [1.807, 2.05) is 0 Å². The molecule has 0 bridgehead atoms. The molecule has 0 aromatic carbocycles. The highest BCUT2D eigenvalue weighted by molar-refractivity contribution is 7.55. The molecule has 0 aromatic heterocycles. The van der Waals surface area contributed by atoms with Gasteiger partial charge in [-0.15, -0.1) is 10.3 Å². The van der Waals surface area contributed by atoms with Crippen LogP contribution in [0.4, 0.5) is 0 Å². The Morgan fingerprint density at radius 3 is 2.25 bits per heavy atom. The summed E-state index contributed by atoms with van der Waals surface area (Å²) < 4.78 is 22.8. The third-order valence-corrected chi connectivity index (χ3v) is 5.61. The van der Waals surface area contributed by atoms with Crippen molar-refractivity contribution in [3.05, 3.63) is 0 Å². The van der Waals surface area contributed by atoms with Crippen molar-refractivity contribution in [1.29, 1.82) is 0 Å². The van der Waals surface area contributed by atoms with E-state index in [4.69, 9.17) is 9.05 Å².